The van der Waals surface area contributed by atoms with Crippen LogP contribution in [0.25, 0.3) is 0 Å². The summed E-state index contributed by atoms with van der Waals surface area (Å²) >= 11 is 0. The first-order valence-corrected chi connectivity index (χ1v) is 11.4. The van der Waals surface area contributed by atoms with Crippen molar-refractivity contribution in [2.45, 2.75) is 39.6 Å². The largest absolute Gasteiger partial charge is 0.475 e. The Morgan fingerprint density at radius 2 is 2.00 bits per heavy atom. The van der Waals surface area contributed by atoms with Gasteiger partial charge in [-0.15, -0.1) is 0 Å². The number of rotatable bonds is 7. The number of fused-ring (bicyclic) bond motifs is 1. The quantitative estimate of drug-likeness (QED) is 0.661. The summed E-state index contributed by atoms with van der Waals surface area (Å²) in [6.07, 6.45) is -0.461. The molecule has 4 rings (SSSR count). The number of amides is 1. The van der Waals surface area contributed by atoms with E-state index in [0.29, 0.717) is 57.9 Å². The molecule has 7 nitrogen and oxygen atoms in total. The zero-order valence-corrected chi connectivity index (χ0v) is 19.0. The first-order valence-electron chi connectivity index (χ1n) is 11.4. The smallest absolute Gasteiger partial charge is 0.253 e. The number of hydrogen-bond donors (Lipinski definition) is 0. The van der Waals surface area contributed by atoms with Crippen molar-refractivity contribution in [1.29, 1.82) is 0 Å². The van der Waals surface area contributed by atoms with Crippen molar-refractivity contribution < 1.29 is 19.0 Å². The first kappa shape index (κ1) is 22.7. The van der Waals surface area contributed by atoms with E-state index in [9.17, 15) is 4.79 Å². The van der Waals surface area contributed by atoms with Crippen LogP contribution in [0.15, 0.2) is 42.5 Å². The number of pyridine rings is 1. The third-order valence-corrected chi connectivity index (χ3v) is 5.65. The molecule has 0 N–H and O–H groups in total. The second-order valence-corrected chi connectivity index (χ2v) is 8.86. The fourth-order valence-electron chi connectivity index (χ4n) is 4.12. The molecule has 1 unspecified atom stereocenters. The topological polar surface area (TPSA) is 64.1 Å². The van der Waals surface area contributed by atoms with Gasteiger partial charge < -0.3 is 19.1 Å². The van der Waals surface area contributed by atoms with Crippen LogP contribution in [0.3, 0.4) is 0 Å². The number of benzene rings is 1. The lowest BCUT2D eigenvalue weighted by Crippen LogP contribution is -2.51. The third-order valence-electron chi connectivity index (χ3n) is 5.65. The molecule has 2 aromatic rings. The molecule has 3 heterocycles. The average Bonchev–Trinajstić information content (AvgIpc) is 3.04. The van der Waals surface area contributed by atoms with E-state index < -0.39 is 6.10 Å². The maximum Gasteiger partial charge on any atom is 0.253 e. The van der Waals surface area contributed by atoms with Gasteiger partial charge in [-0.05, 0) is 23.6 Å². The molecule has 1 aromatic heterocycles. The Labute approximate surface area is 190 Å². The zero-order chi connectivity index (χ0) is 22.3. The van der Waals surface area contributed by atoms with Gasteiger partial charge in [-0.3, -0.25) is 9.69 Å². The Kier molecular flexibility index (Phi) is 7.73. The van der Waals surface area contributed by atoms with Crippen molar-refractivity contribution in [3.63, 3.8) is 0 Å². The first-order chi connectivity index (χ1) is 15.6. The summed E-state index contributed by atoms with van der Waals surface area (Å²) in [5.74, 6) is 0.978. The van der Waals surface area contributed by atoms with Crippen LogP contribution >= 0.6 is 0 Å². The van der Waals surface area contributed by atoms with Crippen LogP contribution < -0.4 is 4.74 Å². The lowest BCUT2D eigenvalue weighted by atomic mass is 10.1. The van der Waals surface area contributed by atoms with Gasteiger partial charge in [0.2, 0.25) is 5.88 Å². The summed E-state index contributed by atoms with van der Waals surface area (Å²) in [6, 6.07) is 14.3. The van der Waals surface area contributed by atoms with Crippen molar-refractivity contribution in [1.82, 2.24) is 14.8 Å². The Bertz CT molecular complexity index is 890. The van der Waals surface area contributed by atoms with Crippen molar-refractivity contribution in [3.05, 3.63) is 59.3 Å². The number of carbonyl (C=O) groups is 1. The fraction of sp³-hybridized carbons (Fsp3) is 0.520. The fourth-order valence-corrected chi connectivity index (χ4v) is 4.12. The molecule has 0 radical (unpaired) electrons. The molecule has 1 atom stereocenters. The summed E-state index contributed by atoms with van der Waals surface area (Å²) in [5, 5.41) is 0. The predicted octanol–water partition coefficient (Wildman–Crippen LogP) is 2.88. The number of nitrogens with zero attached hydrogens (tertiary/aromatic N) is 3. The molecular formula is C25H33N3O4. The molecule has 0 aliphatic carbocycles. The summed E-state index contributed by atoms with van der Waals surface area (Å²) < 4.78 is 17.2. The monoisotopic (exact) mass is 439 g/mol. The van der Waals surface area contributed by atoms with Gasteiger partial charge in [0.15, 0.2) is 0 Å². The summed E-state index contributed by atoms with van der Waals surface area (Å²) in [6.45, 7) is 9.69. The van der Waals surface area contributed by atoms with E-state index in [1.165, 1.54) is 5.56 Å². The molecule has 1 fully saturated rings. The van der Waals surface area contributed by atoms with E-state index >= 15 is 0 Å². The molecule has 0 saturated carbocycles. The highest BCUT2D eigenvalue weighted by molar-refractivity contribution is 5.81. The van der Waals surface area contributed by atoms with Crippen molar-refractivity contribution in [2.24, 2.45) is 5.92 Å². The zero-order valence-electron chi connectivity index (χ0n) is 19.0. The van der Waals surface area contributed by atoms with E-state index in [0.717, 1.165) is 24.3 Å². The molecule has 7 heteroatoms. The van der Waals surface area contributed by atoms with Crippen molar-refractivity contribution >= 4 is 5.91 Å². The maximum atomic E-state index is 13.5. The van der Waals surface area contributed by atoms with Crippen LogP contribution in [0, 0.1) is 5.92 Å². The maximum absolute atomic E-state index is 13.5. The molecule has 172 valence electrons. The van der Waals surface area contributed by atoms with Gasteiger partial charge >= 0.3 is 0 Å². The van der Waals surface area contributed by atoms with Crippen LogP contribution in [-0.2, 0) is 34.0 Å². The lowest BCUT2D eigenvalue weighted by molar-refractivity contribution is -0.151. The Morgan fingerprint density at radius 3 is 2.81 bits per heavy atom. The van der Waals surface area contributed by atoms with Gasteiger partial charge in [0.05, 0.1) is 32.1 Å². The van der Waals surface area contributed by atoms with Crippen LogP contribution in [-0.4, -0.2) is 66.2 Å². The van der Waals surface area contributed by atoms with Crippen molar-refractivity contribution in [2.75, 3.05) is 39.5 Å². The minimum Gasteiger partial charge on any atom is -0.475 e. The molecule has 0 bridgehead atoms. The lowest BCUT2D eigenvalue weighted by Gasteiger charge is -2.35. The molecule has 1 aromatic carbocycles. The highest BCUT2D eigenvalue weighted by Gasteiger charge is 2.31. The Balaban J connectivity index is 1.44. The molecule has 2 aliphatic heterocycles. The van der Waals surface area contributed by atoms with Crippen LogP contribution in [0.1, 0.15) is 30.7 Å². The number of carbonyl (C=O) groups excluding carboxylic acids is 1. The van der Waals surface area contributed by atoms with Gasteiger partial charge in [0.25, 0.3) is 5.91 Å². The Hall–Kier alpha value is -2.48. The number of morpholine rings is 1. The van der Waals surface area contributed by atoms with Crippen LogP contribution in [0.2, 0.25) is 0 Å². The van der Waals surface area contributed by atoms with E-state index in [-0.39, 0.29) is 5.91 Å². The number of aromatic nitrogens is 1. The number of hydrogen-bond acceptors (Lipinski definition) is 6. The second kappa shape index (κ2) is 10.9. The highest BCUT2D eigenvalue weighted by Crippen LogP contribution is 2.21. The summed E-state index contributed by atoms with van der Waals surface area (Å²) in [7, 11) is 0. The standard InChI is InChI=1S/C25H33N3O4/c1-19(2)14-28(16-22-9-8-21-18-30-12-13-32-24(21)26-22)25(29)23-17-27(10-11-31-23)15-20-6-4-3-5-7-20/h3-9,19,23H,10-18H2,1-2H3. The SMILES string of the molecule is CC(C)CN(Cc1ccc2c(n1)OCCOC2)C(=O)C1CN(Cc2ccccc2)CCO1. The summed E-state index contributed by atoms with van der Waals surface area (Å²) in [4.78, 5) is 22.3. The molecule has 1 amide bonds. The molecule has 0 spiro atoms. The Morgan fingerprint density at radius 1 is 1.16 bits per heavy atom. The summed E-state index contributed by atoms with van der Waals surface area (Å²) in [5.41, 5.74) is 3.01. The van der Waals surface area contributed by atoms with Gasteiger partial charge in [0, 0.05) is 31.7 Å². The van der Waals surface area contributed by atoms with E-state index in [4.69, 9.17) is 14.2 Å². The second-order valence-electron chi connectivity index (χ2n) is 8.86. The minimum absolute atomic E-state index is 0.0254. The van der Waals surface area contributed by atoms with Crippen molar-refractivity contribution in [3.8, 4) is 5.88 Å². The third kappa shape index (κ3) is 6.06. The normalized spacial score (nSPS) is 19.2. The minimum atomic E-state index is -0.461. The van der Waals surface area contributed by atoms with E-state index in [1.54, 1.807) is 0 Å². The number of ether oxygens (including phenoxy) is 3. The highest BCUT2D eigenvalue weighted by atomic mass is 16.5. The van der Waals surface area contributed by atoms with E-state index in [1.807, 2.05) is 35.2 Å². The van der Waals surface area contributed by atoms with Gasteiger partial charge in [-0.25, -0.2) is 4.98 Å². The predicted molar refractivity (Wildman–Crippen MR) is 121 cm³/mol. The average molecular weight is 440 g/mol. The van der Waals surface area contributed by atoms with Crippen LogP contribution in [0.5, 0.6) is 5.88 Å². The van der Waals surface area contributed by atoms with Gasteiger partial charge in [0.1, 0.15) is 12.7 Å². The van der Waals surface area contributed by atoms with Gasteiger partial charge in [-0.2, -0.15) is 0 Å². The van der Waals surface area contributed by atoms with E-state index in [2.05, 4.69) is 35.9 Å². The van der Waals surface area contributed by atoms with Gasteiger partial charge in [-0.1, -0.05) is 44.2 Å². The molecule has 32 heavy (non-hydrogen) atoms. The van der Waals surface area contributed by atoms with Crippen LogP contribution in [0.4, 0.5) is 0 Å². The molecule has 1 saturated heterocycles. The molecule has 2 aliphatic rings. The molecular weight excluding hydrogens is 406 g/mol.